The predicted molar refractivity (Wildman–Crippen MR) is 78.6 cm³/mol. The standard InChI is InChI=1S/C16H14N2O2/c17-15-4-5-16(13-6-7-18-9-14(13)15)20-12-3-1-2-11(8-12)10-19/h1-9,19H,10,17H2. The van der Waals surface area contributed by atoms with Gasteiger partial charge in [-0.3, -0.25) is 4.98 Å². The van der Waals surface area contributed by atoms with E-state index in [4.69, 9.17) is 15.6 Å². The minimum Gasteiger partial charge on any atom is -0.457 e. The molecule has 2 aromatic carbocycles. The van der Waals surface area contributed by atoms with Gasteiger partial charge in [-0.15, -0.1) is 0 Å². The first-order valence-electron chi connectivity index (χ1n) is 6.28. The Morgan fingerprint density at radius 1 is 1.10 bits per heavy atom. The van der Waals surface area contributed by atoms with Crippen LogP contribution in [0.4, 0.5) is 5.69 Å². The van der Waals surface area contributed by atoms with E-state index in [0.717, 1.165) is 16.3 Å². The van der Waals surface area contributed by atoms with Gasteiger partial charge in [-0.1, -0.05) is 12.1 Å². The molecule has 4 nitrogen and oxygen atoms in total. The third-order valence-electron chi connectivity index (χ3n) is 3.12. The molecule has 1 heterocycles. The lowest BCUT2D eigenvalue weighted by Gasteiger charge is -2.10. The molecule has 0 saturated heterocycles. The van der Waals surface area contributed by atoms with Crippen LogP contribution in [0.5, 0.6) is 11.5 Å². The van der Waals surface area contributed by atoms with Crippen LogP contribution in [0.2, 0.25) is 0 Å². The fourth-order valence-electron chi connectivity index (χ4n) is 2.11. The fourth-order valence-corrected chi connectivity index (χ4v) is 2.11. The molecule has 3 aromatic rings. The Kier molecular flexibility index (Phi) is 3.23. The van der Waals surface area contributed by atoms with Gasteiger partial charge >= 0.3 is 0 Å². The first kappa shape index (κ1) is 12.4. The zero-order chi connectivity index (χ0) is 13.9. The van der Waals surface area contributed by atoms with Gasteiger partial charge in [0.1, 0.15) is 11.5 Å². The van der Waals surface area contributed by atoms with E-state index in [1.165, 1.54) is 0 Å². The Balaban J connectivity index is 2.04. The van der Waals surface area contributed by atoms with Crippen molar-refractivity contribution in [3.8, 4) is 11.5 Å². The number of nitrogens with two attached hydrogens (primary N) is 1. The largest absolute Gasteiger partial charge is 0.457 e. The topological polar surface area (TPSA) is 68.4 Å². The van der Waals surface area contributed by atoms with Crippen LogP contribution >= 0.6 is 0 Å². The summed E-state index contributed by atoms with van der Waals surface area (Å²) in [4.78, 5) is 4.08. The lowest BCUT2D eigenvalue weighted by atomic mass is 10.1. The molecule has 0 radical (unpaired) electrons. The summed E-state index contributed by atoms with van der Waals surface area (Å²) in [7, 11) is 0. The number of pyridine rings is 1. The molecule has 0 aliphatic carbocycles. The van der Waals surface area contributed by atoms with Crippen molar-refractivity contribution < 1.29 is 9.84 Å². The number of aromatic nitrogens is 1. The average molecular weight is 266 g/mol. The lowest BCUT2D eigenvalue weighted by molar-refractivity contribution is 0.281. The van der Waals surface area contributed by atoms with E-state index in [2.05, 4.69) is 4.98 Å². The number of ether oxygens (including phenoxy) is 1. The number of rotatable bonds is 3. The highest BCUT2D eigenvalue weighted by atomic mass is 16.5. The average Bonchev–Trinajstić information content (AvgIpc) is 2.51. The second-order valence-electron chi connectivity index (χ2n) is 4.48. The predicted octanol–water partition coefficient (Wildman–Crippen LogP) is 3.10. The van der Waals surface area contributed by atoms with E-state index < -0.39 is 0 Å². The highest BCUT2D eigenvalue weighted by molar-refractivity contribution is 5.96. The Morgan fingerprint density at radius 3 is 2.85 bits per heavy atom. The molecule has 0 saturated carbocycles. The second kappa shape index (κ2) is 5.19. The Labute approximate surface area is 116 Å². The van der Waals surface area contributed by atoms with Crippen LogP contribution in [0.1, 0.15) is 5.56 Å². The molecule has 0 fully saturated rings. The molecule has 0 aliphatic heterocycles. The first-order chi connectivity index (χ1) is 9.78. The maximum atomic E-state index is 9.16. The van der Waals surface area contributed by atoms with Gasteiger partial charge in [0.15, 0.2) is 0 Å². The van der Waals surface area contributed by atoms with Crippen molar-refractivity contribution in [3.63, 3.8) is 0 Å². The molecule has 3 N–H and O–H groups in total. The number of anilines is 1. The minimum absolute atomic E-state index is 0.0103. The molecule has 0 atom stereocenters. The van der Waals surface area contributed by atoms with Crippen molar-refractivity contribution >= 4 is 16.5 Å². The van der Waals surface area contributed by atoms with E-state index in [9.17, 15) is 0 Å². The number of nitrogen functional groups attached to an aromatic ring is 1. The van der Waals surface area contributed by atoms with Gasteiger partial charge < -0.3 is 15.6 Å². The van der Waals surface area contributed by atoms with Crippen molar-refractivity contribution in [1.82, 2.24) is 4.98 Å². The number of benzene rings is 2. The molecule has 20 heavy (non-hydrogen) atoms. The number of hydrogen-bond donors (Lipinski definition) is 2. The van der Waals surface area contributed by atoms with Gasteiger partial charge in [0.05, 0.1) is 6.61 Å². The molecule has 0 bridgehead atoms. The van der Waals surface area contributed by atoms with Crippen molar-refractivity contribution in [1.29, 1.82) is 0 Å². The van der Waals surface area contributed by atoms with Gasteiger partial charge in [-0.05, 0) is 35.9 Å². The minimum atomic E-state index is -0.0103. The van der Waals surface area contributed by atoms with E-state index in [-0.39, 0.29) is 6.61 Å². The summed E-state index contributed by atoms with van der Waals surface area (Å²) in [5.74, 6) is 1.39. The Hall–Kier alpha value is -2.59. The van der Waals surface area contributed by atoms with Gasteiger partial charge in [-0.25, -0.2) is 0 Å². The maximum Gasteiger partial charge on any atom is 0.135 e. The van der Waals surface area contributed by atoms with Crippen LogP contribution in [0, 0.1) is 0 Å². The Bertz CT molecular complexity index is 756. The lowest BCUT2D eigenvalue weighted by Crippen LogP contribution is -1.92. The summed E-state index contributed by atoms with van der Waals surface area (Å²) >= 11 is 0. The van der Waals surface area contributed by atoms with E-state index in [1.54, 1.807) is 18.5 Å². The Morgan fingerprint density at radius 2 is 2.00 bits per heavy atom. The number of hydrogen-bond acceptors (Lipinski definition) is 4. The summed E-state index contributed by atoms with van der Waals surface area (Å²) < 4.78 is 5.89. The summed E-state index contributed by atoms with van der Waals surface area (Å²) in [5, 5.41) is 10.9. The molecular weight excluding hydrogens is 252 g/mol. The molecule has 100 valence electrons. The van der Waals surface area contributed by atoms with Gasteiger partial charge in [0.25, 0.3) is 0 Å². The number of aliphatic hydroxyl groups is 1. The molecule has 0 amide bonds. The summed E-state index contributed by atoms with van der Waals surface area (Å²) in [5.41, 5.74) is 7.42. The monoisotopic (exact) mass is 266 g/mol. The highest BCUT2D eigenvalue weighted by Gasteiger charge is 2.06. The zero-order valence-corrected chi connectivity index (χ0v) is 10.8. The van der Waals surface area contributed by atoms with Crippen LogP contribution in [-0.2, 0) is 6.61 Å². The first-order valence-corrected chi connectivity index (χ1v) is 6.28. The van der Waals surface area contributed by atoms with E-state index in [0.29, 0.717) is 17.2 Å². The smallest absolute Gasteiger partial charge is 0.135 e. The second-order valence-corrected chi connectivity index (χ2v) is 4.48. The van der Waals surface area contributed by atoms with Crippen LogP contribution < -0.4 is 10.5 Å². The van der Waals surface area contributed by atoms with Crippen LogP contribution in [0.25, 0.3) is 10.8 Å². The zero-order valence-electron chi connectivity index (χ0n) is 10.8. The third kappa shape index (κ3) is 2.29. The van der Waals surface area contributed by atoms with E-state index >= 15 is 0 Å². The maximum absolute atomic E-state index is 9.16. The van der Waals surface area contributed by atoms with Crippen molar-refractivity contribution in [2.24, 2.45) is 0 Å². The highest BCUT2D eigenvalue weighted by Crippen LogP contribution is 2.32. The molecule has 0 spiro atoms. The number of fused-ring (bicyclic) bond motifs is 1. The summed E-state index contributed by atoms with van der Waals surface area (Å²) in [6.45, 7) is -0.0103. The summed E-state index contributed by atoms with van der Waals surface area (Å²) in [6, 6.07) is 12.9. The molecule has 1 aromatic heterocycles. The molecular formula is C16H14N2O2. The van der Waals surface area contributed by atoms with Gasteiger partial charge in [0, 0.05) is 28.9 Å². The van der Waals surface area contributed by atoms with Crippen molar-refractivity contribution in [3.05, 3.63) is 60.4 Å². The summed E-state index contributed by atoms with van der Waals surface area (Å²) in [6.07, 6.45) is 3.43. The number of nitrogens with zero attached hydrogens (tertiary/aromatic N) is 1. The molecule has 0 aliphatic rings. The van der Waals surface area contributed by atoms with Gasteiger partial charge in [0.2, 0.25) is 0 Å². The third-order valence-corrected chi connectivity index (χ3v) is 3.12. The normalized spacial score (nSPS) is 10.7. The van der Waals surface area contributed by atoms with Gasteiger partial charge in [-0.2, -0.15) is 0 Å². The number of aliphatic hydroxyl groups excluding tert-OH is 1. The molecule has 0 unspecified atom stereocenters. The van der Waals surface area contributed by atoms with Crippen LogP contribution in [0.15, 0.2) is 54.9 Å². The van der Waals surface area contributed by atoms with Crippen LogP contribution in [-0.4, -0.2) is 10.1 Å². The van der Waals surface area contributed by atoms with Crippen molar-refractivity contribution in [2.75, 3.05) is 5.73 Å². The fraction of sp³-hybridized carbons (Fsp3) is 0.0625. The SMILES string of the molecule is Nc1ccc(Oc2cccc(CO)c2)c2ccncc12. The molecule has 3 rings (SSSR count). The van der Waals surface area contributed by atoms with Crippen LogP contribution in [0.3, 0.4) is 0 Å². The van der Waals surface area contributed by atoms with E-state index in [1.807, 2.05) is 36.4 Å². The van der Waals surface area contributed by atoms with Crippen molar-refractivity contribution in [2.45, 2.75) is 6.61 Å². The quantitative estimate of drug-likeness (QED) is 0.715. The molecule has 4 heteroatoms.